The third-order valence-electron chi connectivity index (χ3n) is 4.29. The maximum absolute atomic E-state index is 12.7. The lowest BCUT2D eigenvalue weighted by atomic mass is 10.1. The third kappa shape index (κ3) is 2.72. The van der Waals surface area contributed by atoms with Gasteiger partial charge < -0.3 is 4.90 Å². The number of carbonyl (C=O) groups excluding carboxylic acids is 1. The molecule has 4 rings (SSSR count). The highest BCUT2D eigenvalue weighted by molar-refractivity contribution is 7.08. The van der Waals surface area contributed by atoms with E-state index in [1.54, 1.807) is 17.5 Å². The number of aromatic nitrogens is 2. The number of amides is 1. The van der Waals surface area contributed by atoms with Crippen molar-refractivity contribution in [2.45, 2.75) is 19.3 Å². The van der Waals surface area contributed by atoms with Gasteiger partial charge in [-0.1, -0.05) is 0 Å². The average Bonchev–Trinajstić information content (AvgIpc) is 3.15. The Balaban J connectivity index is 1.77. The van der Waals surface area contributed by atoms with Gasteiger partial charge in [-0.25, -0.2) is 4.98 Å². The summed E-state index contributed by atoms with van der Waals surface area (Å²) in [4.78, 5) is 23.6. The number of fused-ring (bicyclic) bond motifs is 1. The van der Waals surface area contributed by atoms with Crippen LogP contribution in [0.25, 0.3) is 22.0 Å². The number of carbonyl (C=O) groups is 1. The van der Waals surface area contributed by atoms with Crippen molar-refractivity contribution in [3.63, 3.8) is 0 Å². The van der Waals surface area contributed by atoms with E-state index in [1.807, 2.05) is 28.6 Å². The van der Waals surface area contributed by atoms with E-state index in [1.165, 1.54) is 6.42 Å². The van der Waals surface area contributed by atoms with Crippen LogP contribution in [0.4, 0.5) is 0 Å². The first-order chi connectivity index (χ1) is 11.3. The van der Waals surface area contributed by atoms with E-state index in [2.05, 4.69) is 21.4 Å². The molecule has 1 aliphatic rings. The molecule has 0 unspecified atom stereocenters. The van der Waals surface area contributed by atoms with Crippen LogP contribution in [-0.4, -0.2) is 33.9 Å². The first-order valence-electron chi connectivity index (χ1n) is 7.89. The smallest absolute Gasteiger partial charge is 0.272 e. The molecule has 1 saturated heterocycles. The second kappa shape index (κ2) is 6.08. The highest BCUT2D eigenvalue weighted by Gasteiger charge is 2.20. The van der Waals surface area contributed by atoms with Crippen LogP contribution in [0.3, 0.4) is 0 Å². The van der Waals surface area contributed by atoms with Crippen LogP contribution in [0.2, 0.25) is 0 Å². The molecular weight excluding hydrogens is 306 g/mol. The van der Waals surface area contributed by atoms with Gasteiger partial charge in [0.25, 0.3) is 5.91 Å². The van der Waals surface area contributed by atoms with E-state index in [9.17, 15) is 4.79 Å². The molecule has 1 aliphatic heterocycles. The number of pyridine rings is 2. The molecule has 23 heavy (non-hydrogen) atoms. The lowest BCUT2D eigenvalue weighted by Gasteiger charge is -2.26. The number of piperidine rings is 1. The van der Waals surface area contributed by atoms with E-state index in [0.717, 1.165) is 48.0 Å². The molecule has 3 aromatic heterocycles. The molecule has 1 fully saturated rings. The first kappa shape index (κ1) is 14.3. The van der Waals surface area contributed by atoms with E-state index < -0.39 is 0 Å². The zero-order valence-corrected chi connectivity index (χ0v) is 13.6. The number of hydrogen-bond donors (Lipinski definition) is 0. The highest BCUT2D eigenvalue weighted by Crippen LogP contribution is 2.28. The topological polar surface area (TPSA) is 46.1 Å². The molecule has 0 aliphatic carbocycles. The fraction of sp³-hybridized carbons (Fsp3) is 0.278. The summed E-state index contributed by atoms with van der Waals surface area (Å²) in [6.45, 7) is 1.68. The molecule has 4 heterocycles. The number of rotatable bonds is 2. The second-order valence-electron chi connectivity index (χ2n) is 5.82. The Kier molecular flexibility index (Phi) is 3.79. The first-order valence-corrected chi connectivity index (χ1v) is 8.84. The Morgan fingerprint density at radius 1 is 1.09 bits per heavy atom. The van der Waals surface area contributed by atoms with E-state index in [4.69, 9.17) is 0 Å². The third-order valence-corrected chi connectivity index (χ3v) is 4.98. The molecule has 0 bridgehead atoms. The molecule has 0 saturated carbocycles. The zero-order chi connectivity index (χ0) is 15.6. The number of nitrogens with zero attached hydrogens (tertiary/aromatic N) is 3. The lowest BCUT2D eigenvalue weighted by molar-refractivity contribution is 0.0719. The van der Waals surface area contributed by atoms with Crippen molar-refractivity contribution in [1.29, 1.82) is 0 Å². The molecule has 0 spiro atoms. The van der Waals surface area contributed by atoms with Crippen LogP contribution in [0.1, 0.15) is 29.8 Å². The summed E-state index contributed by atoms with van der Waals surface area (Å²) in [6.07, 6.45) is 7.01. The van der Waals surface area contributed by atoms with Gasteiger partial charge in [0.2, 0.25) is 0 Å². The monoisotopic (exact) mass is 323 g/mol. The molecule has 3 aromatic rings. The SMILES string of the molecule is O=C(c1ccc2cncc(-c3ccsc3)c2n1)N1CCCCC1. The van der Waals surface area contributed by atoms with Crippen LogP contribution < -0.4 is 0 Å². The van der Waals surface area contributed by atoms with Crippen LogP contribution in [0.5, 0.6) is 0 Å². The summed E-state index contributed by atoms with van der Waals surface area (Å²) in [7, 11) is 0. The molecule has 0 N–H and O–H groups in total. The Morgan fingerprint density at radius 2 is 1.96 bits per heavy atom. The second-order valence-corrected chi connectivity index (χ2v) is 6.60. The van der Waals surface area contributed by atoms with Gasteiger partial charge in [0.1, 0.15) is 5.69 Å². The fourth-order valence-electron chi connectivity index (χ4n) is 3.05. The maximum Gasteiger partial charge on any atom is 0.272 e. The van der Waals surface area contributed by atoms with Gasteiger partial charge in [0.05, 0.1) is 5.52 Å². The van der Waals surface area contributed by atoms with Crippen molar-refractivity contribution in [1.82, 2.24) is 14.9 Å². The van der Waals surface area contributed by atoms with Crippen molar-refractivity contribution >= 4 is 28.1 Å². The number of hydrogen-bond acceptors (Lipinski definition) is 4. The normalized spacial score (nSPS) is 15.0. The molecule has 5 heteroatoms. The minimum atomic E-state index is 0.0414. The van der Waals surface area contributed by atoms with Gasteiger partial charge in [-0.3, -0.25) is 9.78 Å². The Labute approximate surface area is 138 Å². The van der Waals surface area contributed by atoms with Crippen molar-refractivity contribution in [3.8, 4) is 11.1 Å². The average molecular weight is 323 g/mol. The van der Waals surface area contributed by atoms with Crippen LogP contribution in [0.15, 0.2) is 41.4 Å². The molecular formula is C18H17N3OS. The molecule has 4 nitrogen and oxygen atoms in total. The van der Waals surface area contributed by atoms with Crippen molar-refractivity contribution < 1.29 is 4.79 Å². The summed E-state index contributed by atoms with van der Waals surface area (Å²) >= 11 is 1.65. The van der Waals surface area contributed by atoms with Crippen LogP contribution >= 0.6 is 11.3 Å². The predicted molar refractivity (Wildman–Crippen MR) is 92.6 cm³/mol. The standard InChI is InChI=1S/C18H17N3OS/c22-18(21-7-2-1-3-8-21)16-5-4-13-10-19-11-15(17(13)20-16)14-6-9-23-12-14/h4-6,9-12H,1-3,7-8H2. The van der Waals surface area contributed by atoms with Crippen molar-refractivity contribution in [3.05, 3.63) is 47.0 Å². The summed E-state index contributed by atoms with van der Waals surface area (Å²) < 4.78 is 0. The lowest BCUT2D eigenvalue weighted by Crippen LogP contribution is -2.36. The van der Waals surface area contributed by atoms with Crippen LogP contribution in [-0.2, 0) is 0 Å². The fourth-order valence-corrected chi connectivity index (χ4v) is 3.71. The quantitative estimate of drug-likeness (QED) is 0.716. The molecule has 1 amide bonds. The maximum atomic E-state index is 12.7. The number of thiophene rings is 1. The minimum absolute atomic E-state index is 0.0414. The predicted octanol–water partition coefficient (Wildman–Crippen LogP) is 3.98. The summed E-state index contributed by atoms with van der Waals surface area (Å²) in [6, 6.07) is 5.82. The van der Waals surface area contributed by atoms with E-state index in [0.29, 0.717) is 5.69 Å². The highest BCUT2D eigenvalue weighted by atomic mass is 32.1. The zero-order valence-electron chi connectivity index (χ0n) is 12.7. The Bertz CT molecular complexity index is 839. The van der Waals surface area contributed by atoms with Gasteiger partial charge >= 0.3 is 0 Å². The van der Waals surface area contributed by atoms with Gasteiger partial charge in [-0.2, -0.15) is 11.3 Å². The van der Waals surface area contributed by atoms with Crippen LogP contribution in [0, 0.1) is 0 Å². The van der Waals surface area contributed by atoms with Gasteiger partial charge in [0, 0.05) is 36.4 Å². The van der Waals surface area contributed by atoms with Gasteiger partial charge in [-0.05, 0) is 53.8 Å². The molecule has 0 atom stereocenters. The van der Waals surface area contributed by atoms with Crippen molar-refractivity contribution in [2.24, 2.45) is 0 Å². The van der Waals surface area contributed by atoms with Gasteiger partial charge in [-0.15, -0.1) is 0 Å². The van der Waals surface area contributed by atoms with E-state index >= 15 is 0 Å². The molecule has 0 radical (unpaired) electrons. The van der Waals surface area contributed by atoms with Crippen molar-refractivity contribution in [2.75, 3.05) is 13.1 Å². The summed E-state index contributed by atoms with van der Waals surface area (Å²) in [5.41, 5.74) is 3.46. The largest absolute Gasteiger partial charge is 0.337 e. The molecule has 116 valence electrons. The summed E-state index contributed by atoms with van der Waals surface area (Å²) in [5.74, 6) is 0.0414. The minimum Gasteiger partial charge on any atom is -0.337 e. The molecule has 0 aromatic carbocycles. The summed E-state index contributed by atoms with van der Waals surface area (Å²) in [5, 5.41) is 5.08. The Hall–Kier alpha value is -2.27. The number of likely N-dealkylation sites (tertiary alicyclic amines) is 1. The van der Waals surface area contributed by atoms with E-state index in [-0.39, 0.29) is 5.91 Å². The Morgan fingerprint density at radius 3 is 2.74 bits per heavy atom. The van der Waals surface area contributed by atoms with Gasteiger partial charge in [0.15, 0.2) is 0 Å².